The van der Waals surface area contributed by atoms with Gasteiger partial charge in [-0.2, -0.15) is 0 Å². The van der Waals surface area contributed by atoms with E-state index in [1.807, 2.05) is 0 Å². The molecule has 0 aliphatic carbocycles. The van der Waals surface area contributed by atoms with Gasteiger partial charge in [-0.25, -0.2) is 4.98 Å². The van der Waals surface area contributed by atoms with E-state index in [1.54, 1.807) is 0 Å². The number of fused-ring (bicyclic) bond motifs is 15. The fourth-order valence-electron chi connectivity index (χ4n) is 12.0. The van der Waals surface area contributed by atoms with E-state index in [4.69, 9.17) is 4.98 Å². The first-order valence-corrected chi connectivity index (χ1v) is 25.3. The predicted octanol–water partition coefficient (Wildman–Crippen LogP) is 15.4. The normalized spacial score (nSPS) is 13.9. The number of para-hydroxylation sites is 3. The average Bonchev–Trinajstić information content (AvgIpc) is 3.88. The summed E-state index contributed by atoms with van der Waals surface area (Å²) in [5, 5.41) is 6.23. The minimum absolute atomic E-state index is 0.00420. The quantitative estimate of drug-likeness (QED) is 0.128. The number of anilines is 3. The summed E-state index contributed by atoms with van der Waals surface area (Å²) in [6, 6.07) is 58.6. The largest absolute Gasteiger partial charge is 0.311 e. The molecule has 0 unspecified atom stereocenters. The zero-order valence-corrected chi connectivity index (χ0v) is 42.8. The molecular formula is C65H61BN4. The molecule has 0 fully saturated rings. The van der Waals surface area contributed by atoms with Crippen molar-refractivity contribution < 1.29 is 0 Å². The SMILES string of the molecule is CC(C)(C)c1ccc(N2c3ccc(C(C)(C)C)cc3B3c4c2cc(-c2cccc5c2c2ccccc2n2c6ccccc6nc52)cc4-n2c4ccc(C(C)(C)C)cc4c4cc(C(C)(C)C)cc3c42)cc1. The molecule has 11 aromatic rings. The Morgan fingerprint density at radius 3 is 1.76 bits per heavy atom. The Hall–Kier alpha value is -7.11. The van der Waals surface area contributed by atoms with E-state index in [2.05, 4.69) is 249 Å². The lowest BCUT2D eigenvalue weighted by Gasteiger charge is -2.41. The fourth-order valence-corrected chi connectivity index (χ4v) is 12.0. The highest BCUT2D eigenvalue weighted by Gasteiger charge is 2.44. The van der Waals surface area contributed by atoms with Gasteiger partial charge in [-0.15, -0.1) is 0 Å². The average molecular weight is 909 g/mol. The second-order valence-electron chi connectivity index (χ2n) is 24.6. The molecule has 13 rings (SSSR count). The van der Waals surface area contributed by atoms with Crippen molar-refractivity contribution in [2.75, 3.05) is 4.90 Å². The third-order valence-corrected chi connectivity index (χ3v) is 15.9. The molecule has 70 heavy (non-hydrogen) atoms. The molecule has 5 heterocycles. The highest BCUT2D eigenvalue weighted by Crippen LogP contribution is 2.47. The molecule has 2 aliphatic rings. The Kier molecular flexibility index (Phi) is 8.75. The predicted molar refractivity (Wildman–Crippen MR) is 302 cm³/mol. The second kappa shape index (κ2) is 14.3. The Bertz CT molecular complexity index is 4040. The van der Waals surface area contributed by atoms with Crippen LogP contribution in [0.25, 0.3) is 77.0 Å². The molecule has 5 heteroatoms. The molecule has 4 nitrogen and oxygen atoms in total. The van der Waals surface area contributed by atoms with Gasteiger partial charge in [-0.1, -0.05) is 168 Å². The van der Waals surface area contributed by atoms with Gasteiger partial charge in [0.05, 0.1) is 22.1 Å². The number of nitrogens with zero attached hydrogens (tertiary/aromatic N) is 4. The molecule has 0 radical (unpaired) electrons. The summed E-state index contributed by atoms with van der Waals surface area (Å²) < 4.78 is 5.01. The summed E-state index contributed by atoms with van der Waals surface area (Å²) in [6.45, 7) is 28.1. The zero-order chi connectivity index (χ0) is 48.6. The van der Waals surface area contributed by atoms with Crippen LogP contribution in [-0.2, 0) is 21.7 Å². The number of imidazole rings is 1. The van der Waals surface area contributed by atoms with Gasteiger partial charge in [0.2, 0.25) is 0 Å². The first-order valence-electron chi connectivity index (χ1n) is 25.3. The molecule has 3 aromatic heterocycles. The van der Waals surface area contributed by atoms with Gasteiger partial charge in [0.15, 0.2) is 0 Å². The Balaban J connectivity index is 1.21. The number of hydrogen-bond donors (Lipinski definition) is 0. The van der Waals surface area contributed by atoms with Crippen molar-refractivity contribution in [3.63, 3.8) is 0 Å². The van der Waals surface area contributed by atoms with Gasteiger partial charge >= 0.3 is 0 Å². The van der Waals surface area contributed by atoms with E-state index < -0.39 is 0 Å². The van der Waals surface area contributed by atoms with E-state index in [-0.39, 0.29) is 28.4 Å². The number of rotatable bonds is 2. The third kappa shape index (κ3) is 6.12. The molecule has 0 bridgehead atoms. The number of aromatic nitrogens is 3. The maximum Gasteiger partial charge on any atom is 0.252 e. The first kappa shape index (κ1) is 43.0. The lowest BCUT2D eigenvalue weighted by atomic mass is 9.33. The molecule has 8 aromatic carbocycles. The summed E-state index contributed by atoms with van der Waals surface area (Å²) >= 11 is 0. The summed E-state index contributed by atoms with van der Waals surface area (Å²) in [5.74, 6) is 0. The number of pyridine rings is 1. The first-order chi connectivity index (χ1) is 33.3. The smallest absolute Gasteiger partial charge is 0.252 e. The molecule has 0 atom stereocenters. The van der Waals surface area contributed by atoms with E-state index in [0.717, 1.165) is 33.3 Å². The van der Waals surface area contributed by atoms with Crippen molar-refractivity contribution in [2.45, 2.75) is 105 Å². The molecular weight excluding hydrogens is 848 g/mol. The van der Waals surface area contributed by atoms with Crippen LogP contribution >= 0.6 is 0 Å². The highest BCUT2D eigenvalue weighted by molar-refractivity contribution is 7.00. The van der Waals surface area contributed by atoms with Crippen molar-refractivity contribution in [1.82, 2.24) is 14.0 Å². The lowest BCUT2D eigenvalue weighted by Crippen LogP contribution is -2.60. The van der Waals surface area contributed by atoms with Gasteiger partial charge < -0.3 is 9.47 Å². The molecule has 344 valence electrons. The molecule has 0 amide bonds. The van der Waals surface area contributed by atoms with Gasteiger partial charge in [0, 0.05) is 55.2 Å². The van der Waals surface area contributed by atoms with Crippen LogP contribution in [-0.4, -0.2) is 20.7 Å². The van der Waals surface area contributed by atoms with Crippen LogP contribution in [0.2, 0.25) is 0 Å². The van der Waals surface area contributed by atoms with E-state index in [9.17, 15) is 0 Å². The third-order valence-electron chi connectivity index (χ3n) is 15.9. The Morgan fingerprint density at radius 2 is 1.03 bits per heavy atom. The standard InChI is InChI=1S/C65H61BN4/c1-62(2,3)39-24-28-43(29-25-39)68-54-31-27-41(64(7,8)9)36-49(54)66-50-37-42(65(10,11)12)35-48-47-34-40(63(4,5)6)26-30-53(47)69(60(48)50)57-33-38(32-56(68)59(57)66)44-19-17-20-46-58(44)45-18-13-15-22-52(45)70-55-23-16-14-21-51(55)67-61(46)70/h13-37H,1-12H3. The van der Waals surface area contributed by atoms with Crippen LogP contribution in [0, 0.1) is 0 Å². The highest BCUT2D eigenvalue weighted by atomic mass is 15.2. The number of hydrogen-bond acceptors (Lipinski definition) is 2. The molecule has 0 saturated carbocycles. The van der Waals surface area contributed by atoms with E-state index >= 15 is 0 Å². The van der Waals surface area contributed by atoms with Gasteiger partial charge in [-0.05, 0) is 138 Å². The lowest BCUT2D eigenvalue weighted by molar-refractivity contribution is 0.590. The number of benzene rings is 8. The van der Waals surface area contributed by atoms with Gasteiger partial charge in [0.25, 0.3) is 6.71 Å². The second-order valence-corrected chi connectivity index (χ2v) is 24.6. The molecule has 0 spiro atoms. The topological polar surface area (TPSA) is 25.5 Å². The van der Waals surface area contributed by atoms with Crippen LogP contribution in [0.4, 0.5) is 17.1 Å². The van der Waals surface area contributed by atoms with Crippen LogP contribution in [0.5, 0.6) is 0 Å². The fraction of sp³-hybridized carbons (Fsp3) is 0.246. The summed E-state index contributed by atoms with van der Waals surface area (Å²) in [6.07, 6.45) is 0. The van der Waals surface area contributed by atoms with Crippen LogP contribution in [0.15, 0.2) is 152 Å². The van der Waals surface area contributed by atoms with Crippen molar-refractivity contribution in [3.05, 3.63) is 174 Å². The van der Waals surface area contributed by atoms with Crippen molar-refractivity contribution in [3.8, 4) is 16.8 Å². The van der Waals surface area contributed by atoms with Crippen LogP contribution in [0.1, 0.15) is 105 Å². The monoisotopic (exact) mass is 908 g/mol. The molecule has 2 aliphatic heterocycles. The maximum absolute atomic E-state index is 5.35. The summed E-state index contributed by atoms with van der Waals surface area (Å²) in [4.78, 5) is 7.95. The molecule has 0 N–H and O–H groups in total. The molecule has 0 saturated heterocycles. The minimum atomic E-state index is -0.0669. The van der Waals surface area contributed by atoms with Crippen molar-refractivity contribution >= 4 is 100 Å². The zero-order valence-electron chi connectivity index (χ0n) is 42.8. The summed E-state index contributed by atoms with van der Waals surface area (Å²) in [7, 11) is 0. The van der Waals surface area contributed by atoms with Gasteiger partial charge in [-0.3, -0.25) is 4.40 Å². The summed E-state index contributed by atoms with van der Waals surface area (Å²) in [5.41, 5.74) is 23.5. The van der Waals surface area contributed by atoms with Crippen LogP contribution in [0.3, 0.4) is 0 Å². The van der Waals surface area contributed by atoms with Crippen molar-refractivity contribution in [1.29, 1.82) is 0 Å². The van der Waals surface area contributed by atoms with E-state index in [1.165, 1.54) is 99.4 Å². The van der Waals surface area contributed by atoms with E-state index in [0.29, 0.717) is 0 Å². The maximum atomic E-state index is 5.35. The Labute approximate surface area is 412 Å². The van der Waals surface area contributed by atoms with Gasteiger partial charge in [0.1, 0.15) is 5.65 Å². The minimum Gasteiger partial charge on any atom is -0.311 e. The Morgan fingerprint density at radius 1 is 0.429 bits per heavy atom. The van der Waals surface area contributed by atoms with Crippen LogP contribution < -0.4 is 21.3 Å². The van der Waals surface area contributed by atoms with Crippen molar-refractivity contribution in [2.24, 2.45) is 0 Å².